The molecular formula is C28H26N2O5. The van der Waals surface area contributed by atoms with Gasteiger partial charge in [-0.05, 0) is 42.3 Å². The molecule has 3 aromatic rings. The first kappa shape index (κ1) is 21.8. The molecule has 0 radical (unpaired) electrons. The Bertz CT molecular complexity index is 1260. The van der Waals surface area contributed by atoms with E-state index in [4.69, 9.17) is 14.2 Å². The lowest BCUT2D eigenvalue weighted by atomic mass is 9.73. The molecule has 0 aromatic heterocycles. The van der Waals surface area contributed by atoms with Gasteiger partial charge in [0.1, 0.15) is 11.8 Å². The molecule has 178 valence electrons. The first-order valence-electron chi connectivity index (χ1n) is 11.7. The summed E-state index contributed by atoms with van der Waals surface area (Å²) >= 11 is 0. The minimum Gasteiger partial charge on any atom is -0.497 e. The number of carbonyl (C=O) groups is 2. The van der Waals surface area contributed by atoms with Crippen LogP contribution < -0.4 is 9.64 Å². The van der Waals surface area contributed by atoms with E-state index in [2.05, 4.69) is 0 Å². The van der Waals surface area contributed by atoms with E-state index in [1.54, 1.807) is 16.9 Å². The number of aryl methyl sites for hydroxylation is 1. The van der Waals surface area contributed by atoms with Crippen molar-refractivity contribution >= 4 is 17.5 Å². The van der Waals surface area contributed by atoms with Gasteiger partial charge < -0.3 is 19.1 Å². The Morgan fingerprint density at radius 1 is 0.971 bits per heavy atom. The van der Waals surface area contributed by atoms with Crippen molar-refractivity contribution in [2.75, 3.05) is 18.6 Å². The van der Waals surface area contributed by atoms with Gasteiger partial charge in [0.05, 0.1) is 13.7 Å². The normalized spacial score (nSPS) is 27.3. The molecule has 0 saturated carbocycles. The Morgan fingerprint density at radius 2 is 1.69 bits per heavy atom. The predicted molar refractivity (Wildman–Crippen MR) is 129 cm³/mol. The van der Waals surface area contributed by atoms with E-state index in [9.17, 15) is 9.59 Å². The number of methoxy groups -OCH3 is 1. The zero-order chi connectivity index (χ0) is 24.2. The lowest BCUT2D eigenvalue weighted by Crippen LogP contribution is -2.74. The van der Waals surface area contributed by atoms with Crippen LogP contribution in [0.15, 0.2) is 78.9 Å². The molecule has 3 fully saturated rings. The number of hydrogen-bond donors (Lipinski definition) is 0. The van der Waals surface area contributed by atoms with E-state index in [-0.39, 0.29) is 18.4 Å². The first-order chi connectivity index (χ1) is 17.0. The number of amides is 2. The molecular weight excluding hydrogens is 444 g/mol. The summed E-state index contributed by atoms with van der Waals surface area (Å²) in [5, 5.41) is 0. The number of benzene rings is 3. The highest BCUT2D eigenvalue weighted by Gasteiger charge is 2.75. The number of carbonyl (C=O) groups excluding carboxylic acids is 2. The van der Waals surface area contributed by atoms with Gasteiger partial charge in [0.25, 0.3) is 11.8 Å². The third-order valence-corrected chi connectivity index (χ3v) is 7.09. The summed E-state index contributed by atoms with van der Waals surface area (Å²) < 4.78 is 17.7. The maximum Gasteiger partial charge on any atom is 0.265 e. The molecule has 3 heterocycles. The summed E-state index contributed by atoms with van der Waals surface area (Å²) in [6.07, 6.45) is -1.67. The van der Waals surface area contributed by atoms with Gasteiger partial charge in [-0.2, -0.15) is 0 Å². The van der Waals surface area contributed by atoms with Gasteiger partial charge >= 0.3 is 0 Å². The van der Waals surface area contributed by atoms with Crippen molar-refractivity contribution in [2.24, 2.45) is 0 Å². The van der Waals surface area contributed by atoms with Crippen LogP contribution >= 0.6 is 0 Å². The minimum atomic E-state index is -1.41. The van der Waals surface area contributed by atoms with E-state index in [0.29, 0.717) is 12.3 Å². The van der Waals surface area contributed by atoms with Crippen LogP contribution in [0.3, 0.4) is 0 Å². The fraction of sp³-hybridized carbons (Fsp3) is 0.286. The highest BCUT2D eigenvalue weighted by Crippen LogP contribution is 2.55. The standard InChI is InChI=1S/C28H26N2O5/c1-18-8-12-21(13-9-18)30-24(20-10-14-22(33-2)15-11-20)28(27(30)32)25-26(31)29(17-23(34-25)35-28)16-19-6-4-3-5-7-19/h3-15,23-25H,16-17H2,1-2H3/t23-,24+,25-,28+/m0/s1. The van der Waals surface area contributed by atoms with Crippen LogP contribution in [0.5, 0.6) is 5.75 Å². The fourth-order valence-electron chi connectivity index (χ4n) is 5.34. The van der Waals surface area contributed by atoms with Gasteiger partial charge in [0, 0.05) is 12.2 Å². The molecule has 7 heteroatoms. The monoisotopic (exact) mass is 470 g/mol. The Morgan fingerprint density at radius 3 is 2.37 bits per heavy atom. The van der Waals surface area contributed by atoms with Crippen LogP contribution in [0.2, 0.25) is 0 Å². The number of nitrogens with zero attached hydrogens (tertiary/aromatic N) is 2. The molecule has 7 nitrogen and oxygen atoms in total. The summed E-state index contributed by atoms with van der Waals surface area (Å²) in [4.78, 5) is 30.9. The average molecular weight is 471 g/mol. The van der Waals surface area contributed by atoms with Crippen LogP contribution in [0.4, 0.5) is 5.69 Å². The molecule has 0 N–H and O–H groups in total. The SMILES string of the molecule is COc1ccc([C@H]2N(c3ccc(C)cc3)C(=O)[C@@]23O[C@H]2CN(Cc4ccccc4)C(=O)[C@@H]3O2)cc1. The van der Waals surface area contributed by atoms with Crippen molar-refractivity contribution in [3.8, 4) is 5.75 Å². The van der Waals surface area contributed by atoms with Crippen molar-refractivity contribution in [3.63, 3.8) is 0 Å². The van der Waals surface area contributed by atoms with Gasteiger partial charge in [-0.25, -0.2) is 0 Å². The zero-order valence-electron chi connectivity index (χ0n) is 19.6. The second kappa shape index (κ2) is 8.22. The van der Waals surface area contributed by atoms with Crippen molar-refractivity contribution < 1.29 is 23.8 Å². The Hall–Kier alpha value is -3.68. The molecule has 6 rings (SSSR count). The van der Waals surface area contributed by atoms with Crippen LogP contribution in [0.1, 0.15) is 22.7 Å². The summed E-state index contributed by atoms with van der Waals surface area (Å²) in [6, 6.07) is 24.6. The van der Waals surface area contributed by atoms with Crippen molar-refractivity contribution in [2.45, 2.75) is 37.5 Å². The summed E-state index contributed by atoms with van der Waals surface area (Å²) in [5.41, 5.74) is 2.31. The van der Waals surface area contributed by atoms with E-state index in [1.165, 1.54) is 0 Å². The molecule has 3 saturated heterocycles. The number of rotatable bonds is 5. The molecule has 2 amide bonds. The van der Waals surface area contributed by atoms with Gasteiger partial charge in [-0.3, -0.25) is 14.5 Å². The number of ether oxygens (including phenoxy) is 3. The molecule has 1 spiro atoms. The van der Waals surface area contributed by atoms with Crippen LogP contribution in [0.25, 0.3) is 0 Å². The predicted octanol–water partition coefficient (Wildman–Crippen LogP) is 3.61. The minimum absolute atomic E-state index is 0.224. The van der Waals surface area contributed by atoms with Crippen LogP contribution in [-0.2, 0) is 25.6 Å². The number of fused-ring (bicyclic) bond motifs is 3. The van der Waals surface area contributed by atoms with Crippen molar-refractivity contribution in [3.05, 3.63) is 95.6 Å². The molecule has 0 aliphatic carbocycles. The maximum atomic E-state index is 13.9. The Labute approximate surface area is 203 Å². The topological polar surface area (TPSA) is 68.3 Å². The quantitative estimate of drug-likeness (QED) is 0.533. The lowest BCUT2D eigenvalue weighted by Gasteiger charge is -2.54. The summed E-state index contributed by atoms with van der Waals surface area (Å²) in [7, 11) is 1.61. The Balaban J connectivity index is 1.38. The van der Waals surface area contributed by atoms with Crippen molar-refractivity contribution in [1.82, 2.24) is 4.90 Å². The van der Waals surface area contributed by atoms with E-state index >= 15 is 0 Å². The summed E-state index contributed by atoms with van der Waals surface area (Å²) in [5.74, 6) is 0.227. The number of hydrogen-bond acceptors (Lipinski definition) is 5. The van der Waals surface area contributed by atoms with Gasteiger partial charge in [0.2, 0.25) is 5.60 Å². The third kappa shape index (κ3) is 3.34. The van der Waals surface area contributed by atoms with Crippen LogP contribution in [-0.4, -0.2) is 48.4 Å². The highest BCUT2D eigenvalue weighted by atomic mass is 16.8. The second-order valence-electron chi connectivity index (χ2n) is 9.25. The zero-order valence-corrected chi connectivity index (χ0v) is 19.6. The largest absolute Gasteiger partial charge is 0.497 e. The first-order valence-corrected chi connectivity index (χ1v) is 11.7. The number of β-lactam (4-membered cyclic amide) rings is 1. The maximum absolute atomic E-state index is 13.9. The lowest BCUT2D eigenvalue weighted by molar-refractivity contribution is -0.164. The molecule has 3 aliphatic rings. The number of morpholine rings is 1. The average Bonchev–Trinajstić information content (AvgIpc) is 3.24. The van der Waals surface area contributed by atoms with Crippen LogP contribution in [0, 0.1) is 6.92 Å². The molecule has 2 bridgehead atoms. The van der Waals surface area contributed by atoms with E-state index in [0.717, 1.165) is 22.4 Å². The molecule has 0 unspecified atom stereocenters. The molecule has 3 aromatic carbocycles. The fourth-order valence-corrected chi connectivity index (χ4v) is 5.34. The van der Waals surface area contributed by atoms with E-state index in [1.807, 2.05) is 85.8 Å². The molecule has 4 atom stereocenters. The molecule has 3 aliphatic heterocycles. The highest BCUT2D eigenvalue weighted by molar-refractivity contribution is 6.12. The Kier molecular flexibility index (Phi) is 5.12. The smallest absolute Gasteiger partial charge is 0.265 e. The van der Waals surface area contributed by atoms with Gasteiger partial charge in [-0.1, -0.05) is 60.2 Å². The molecule has 35 heavy (non-hydrogen) atoms. The van der Waals surface area contributed by atoms with E-state index < -0.39 is 24.0 Å². The number of anilines is 1. The third-order valence-electron chi connectivity index (χ3n) is 7.09. The van der Waals surface area contributed by atoms with Gasteiger partial charge in [-0.15, -0.1) is 0 Å². The van der Waals surface area contributed by atoms with Gasteiger partial charge in [0.15, 0.2) is 12.4 Å². The second-order valence-corrected chi connectivity index (χ2v) is 9.25. The summed E-state index contributed by atoms with van der Waals surface area (Å²) in [6.45, 7) is 2.72. The van der Waals surface area contributed by atoms with Crippen molar-refractivity contribution in [1.29, 1.82) is 0 Å².